The minimum atomic E-state index is -0.315. The van der Waals surface area contributed by atoms with Crippen molar-refractivity contribution in [3.8, 4) is 0 Å². The highest BCUT2D eigenvalue weighted by Crippen LogP contribution is 2.39. The van der Waals surface area contributed by atoms with Gasteiger partial charge in [0.25, 0.3) is 0 Å². The van der Waals surface area contributed by atoms with E-state index >= 15 is 0 Å². The maximum absolute atomic E-state index is 11.1. The van der Waals surface area contributed by atoms with E-state index in [-0.39, 0.29) is 4.05 Å². The normalized spacial score (nSPS) is 36.0. The maximum atomic E-state index is 11.1. The van der Waals surface area contributed by atoms with Crippen LogP contribution in [-0.4, -0.2) is 17.6 Å². The van der Waals surface area contributed by atoms with E-state index in [1.807, 2.05) is 6.92 Å². The first-order valence-corrected chi connectivity index (χ1v) is 3.78. The predicted octanol–water partition coefficient (Wildman–Crippen LogP) is 2.06. The molecule has 9 heavy (non-hydrogen) atoms. The average Bonchev–Trinajstić information content (AvgIpc) is 1.79. The lowest BCUT2D eigenvalue weighted by Crippen LogP contribution is -2.26. The van der Waals surface area contributed by atoms with Gasteiger partial charge >= 0.3 is 0 Å². The molecule has 0 bridgehead atoms. The number of nitrogens with zero attached hydrogens (tertiary/aromatic N) is 1. The van der Waals surface area contributed by atoms with E-state index < -0.39 is 0 Å². The van der Waals surface area contributed by atoms with Crippen LogP contribution in [0.4, 0.5) is 0 Å². The largest absolute Gasteiger partial charge is 0.620 e. The second-order valence-corrected chi connectivity index (χ2v) is 4.28. The minimum absolute atomic E-state index is 0.315. The monoisotopic (exact) mass is 165 g/mol. The van der Waals surface area contributed by atoms with Crippen LogP contribution in [-0.2, 0) is 0 Å². The molecule has 2 nitrogen and oxygen atoms in total. The average molecular weight is 166 g/mol. The molecule has 0 aromatic heterocycles. The van der Waals surface area contributed by atoms with Gasteiger partial charge in [-0.25, -0.2) is 0 Å². The van der Waals surface area contributed by atoms with Crippen LogP contribution in [0.15, 0.2) is 9.94 Å². The Morgan fingerprint density at radius 2 is 2.33 bits per heavy atom. The molecular weight excluding hydrogens is 158 g/mol. The van der Waals surface area contributed by atoms with Crippen LogP contribution in [0.1, 0.15) is 6.92 Å². The number of hydroxylamine groups is 2. The van der Waals surface area contributed by atoms with Crippen molar-refractivity contribution >= 4 is 23.5 Å². The molecule has 0 amide bonds. The summed E-state index contributed by atoms with van der Waals surface area (Å²) in [6.45, 7) is 2.40. The van der Waals surface area contributed by atoms with Gasteiger partial charge in [-0.15, -0.1) is 0 Å². The summed E-state index contributed by atoms with van der Waals surface area (Å²) in [7, 11) is 1.60. The number of hydrogen-bond donors (Lipinski definition) is 0. The van der Waals surface area contributed by atoms with Gasteiger partial charge in [0.1, 0.15) is 22.9 Å². The highest BCUT2D eigenvalue weighted by molar-refractivity contribution is 7.99. The fourth-order valence-electron chi connectivity index (χ4n) is 0.773. The Kier molecular flexibility index (Phi) is 1.78. The number of hydrogen-bond acceptors (Lipinski definition) is 2. The van der Waals surface area contributed by atoms with Crippen molar-refractivity contribution in [2.24, 2.45) is 0 Å². The molecule has 0 aliphatic carbocycles. The summed E-state index contributed by atoms with van der Waals surface area (Å²) < 4.78 is 0.345. The van der Waals surface area contributed by atoms with Crippen molar-refractivity contribution in [2.45, 2.75) is 6.92 Å². The van der Waals surface area contributed by atoms with Crippen molar-refractivity contribution in [2.75, 3.05) is 13.6 Å². The van der Waals surface area contributed by atoms with Gasteiger partial charge in [0, 0.05) is 5.57 Å². The van der Waals surface area contributed by atoms with Gasteiger partial charge in [0.15, 0.2) is 0 Å². The number of quaternary nitrogens is 1. The summed E-state index contributed by atoms with van der Waals surface area (Å²) in [5.41, 5.74) is 0.999. The van der Waals surface area contributed by atoms with Crippen LogP contribution in [0.5, 0.6) is 0 Å². The molecule has 0 spiro atoms. The molecule has 1 unspecified atom stereocenters. The summed E-state index contributed by atoms with van der Waals surface area (Å²) in [4.78, 5) is 0. The van der Waals surface area contributed by atoms with Crippen LogP contribution in [0.2, 0.25) is 0 Å². The molecule has 0 fully saturated rings. The standard InChI is InChI=1S/C5H8ClNOS/c1-4-3-7(2,8)9-5(4)6/h3H2,1-2H3. The van der Waals surface area contributed by atoms with Gasteiger partial charge in [0.2, 0.25) is 0 Å². The van der Waals surface area contributed by atoms with Crippen molar-refractivity contribution in [3.63, 3.8) is 0 Å². The van der Waals surface area contributed by atoms with Gasteiger partial charge in [-0.05, 0) is 6.92 Å². The Morgan fingerprint density at radius 3 is 2.44 bits per heavy atom. The SMILES string of the molecule is CC1=C(Cl)S[N+](C)([O-])C1. The van der Waals surface area contributed by atoms with Gasteiger partial charge in [-0.2, -0.15) is 0 Å². The summed E-state index contributed by atoms with van der Waals surface area (Å²) in [5.74, 6) is 0. The zero-order chi connectivity index (χ0) is 7.07. The molecule has 1 heterocycles. The first-order chi connectivity index (χ1) is 4.01. The van der Waals surface area contributed by atoms with Crippen LogP contribution >= 0.6 is 23.5 Å². The Labute approximate surface area is 63.8 Å². The molecule has 0 aromatic carbocycles. The molecule has 1 rings (SSSR count). The highest BCUT2D eigenvalue weighted by Gasteiger charge is 2.25. The van der Waals surface area contributed by atoms with Crippen molar-refractivity contribution in [1.29, 1.82) is 0 Å². The fraction of sp³-hybridized carbons (Fsp3) is 0.600. The smallest absolute Gasteiger partial charge is 0.137 e. The molecule has 0 N–H and O–H groups in total. The molecule has 0 saturated carbocycles. The van der Waals surface area contributed by atoms with Crippen LogP contribution < -0.4 is 0 Å². The minimum Gasteiger partial charge on any atom is -0.620 e. The lowest BCUT2D eigenvalue weighted by molar-refractivity contribution is -0.707. The van der Waals surface area contributed by atoms with Crippen LogP contribution in [0.3, 0.4) is 0 Å². The summed E-state index contributed by atoms with van der Waals surface area (Å²) in [5, 5.41) is 11.1. The Hall–Kier alpha value is 0.300. The number of halogens is 1. The van der Waals surface area contributed by atoms with Crippen molar-refractivity contribution < 1.29 is 4.05 Å². The first kappa shape index (κ1) is 7.41. The first-order valence-electron chi connectivity index (χ1n) is 2.63. The second kappa shape index (κ2) is 2.16. The molecule has 1 aliphatic rings. The summed E-state index contributed by atoms with van der Waals surface area (Å²) >= 11 is 6.83. The Bertz CT molecular complexity index is 150. The summed E-state index contributed by atoms with van der Waals surface area (Å²) in [6.07, 6.45) is 0. The van der Waals surface area contributed by atoms with E-state index in [9.17, 15) is 5.21 Å². The number of rotatable bonds is 0. The lowest BCUT2D eigenvalue weighted by Gasteiger charge is -2.29. The van der Waals surface area contributed by atoms with Gasteiger partial charge in [0.05, 0.1) is 7.05 Å². The van der Waals surface area contributed by atoms with E-state index in [1.165, 1.54) is 0 Å². The molecule has 1 atom stereocenters. The van der Waals surface area contributed by atoms with E-state index in [4.69, 9.17) is 11.6 Å². The molecular formula is C5H8ClNOS. The highest BCUT2D eigenvalue weighted by atomic mass is 35.5. The number of likely N-dealkylation sites (N-methyl/N-ethyl adjacent to an activating group) is 1. The molecule has 0 radical (unpaired) electrons. The van der Waals surface area contributed by atoms with Gasteiger partial charge < -0.3 is 5.21 Å². The molecule has 1 aliphatic heterocycles. The zero-order valence-electron chi connectivity index (χ0n) is 5.35. The van der Waals surface area contributed by atoms with E-state index in [2.05, 4.69) is 0 Å². The predicted molar refractivity (Wildman–Crippen MR) is 40.6 cm³/mol. The molecule has 52 valence electrons. The third-order valence-electron chi connectivity index (χ3n) is 1.13. The van der Waals surface area contributed by atoms with Crippen molar-refractivity contribution in [3.05, 3.63) is 15.1 Å². The maximum Gasteiger partial charge on any atom is 0.137 e. The van der Waals surface area contributed by atoms with E-state index in [0.29, 0.717) is 10.9 Å². The van der Waals surface area contributed by atoms with E-state index in [1.54, 1.807) is 7.05 Å². The molecule has 0 saturated heterocycles. The lowest BCUT2D eigenvalue weighted by atomic mass is 10.3. The van der Waals surface area contributed by atoms with Gasteiger partial charge in [-0.3, -0.25) is 4.05 Å². The Morgan fingerprint density at radius 1 is 1.78 bits per heavy atom. The topological polar surface area (TPSA) is 23.1 Å². The third-order valence-corrected chi connectivity index (χ3v) is 2.69. The van der Waals surface area contributed by atoms with Crippen LogP contribution in [0, 0.1) is 5.21 Å². The van der Waals surface area contributed by atoms with Gasteiger partial charge in [-0.1, -0.05) is 11.6 Å². The summed E-state index contributed by atoms with van der Waals surface area (Å²) in [6, 6.07) is 0. The fourth-order valence-corrected chi connectivity index (χ4v) is 2.09. The van der Waals surface area contributed by atoms with E-state index in [0.717, 1.165) is 17.5 Å². The quantitative estimate of drug-likeness (QED) is 0.312. The second-order valence-electron chi connectivity index (χ2n) is 2.32. The van der Waals surface area contributed by atoms with Crippen LogP contribution in [0.25, 0.3) is 0 Å². The molecule has 4 heteroatoms. The third kappa shape index (κ3) is 1.61. The van der Waals surface area contributed by atoms with Crippen molar-refractivity contribution in [1.82, 2.24) is 0 Å². The zero-order valence-corrected chi connectivity index (χ0v) is 6.92. The Balaban J connectivity index is 2.70. The molecule has 0 aromatic rings.